The van der Waals surface area contributed by atoms with Gasteiger partial charge in [-0.2, -0.15) is 5.10 Å². The molecule has 0 saturated carbocycles. The Balaban J connectivity index is 1.53. The van der Waals surface area contributed by atoms with Crippen molar-refractivity contribution in [3.8, 4) is 33.2 Å². The zero-order valence-electron chi connectivity index (χ0n) is 15.0. The molecule has 0 amide bonds. The van der Waals surface area contributed by atoms with Gasteiger partial charge in [0.1, 0.15) is 11.2 Å². The third-order valence-electron chi connectivity index (χ3n) is 4.82. The van der Waals surface area contributed by atoms with Crippen LogP contribution in [-0.2, 0) is 0 Å². The SMILES string of the molecule is c1csc(-c2ccnc3[nH]c(-c4n[nH]c5ccc(-c6cnccn6)cc45)nc23)c1. The topological polar surface area (TPSA) is 96.0 Å². The van der Waals surface area contributed by atoms with Crippen molar-refractivity contribution in [1.82, 2.24) is 35.1 Å². The predicted molar refractivity (Wildman–Crippen MR) is 113 cm³/mol. The summed E-state index contributed by atoms with van der Waals surface area (Å²) in [4.78, 5) is 22.3. The van der Waals surface area contributed by atoms with Gasteiger partial charge in [0.25, 0.3) is 0 Å². The average molecular weight is 395 g/mol. The molecule has 5 heterocycles. The van der Waals surface area contributed by atoms with Crippen LogP contribution in [0.4, 0.5) is 0 Å². The highest BCUT2D eigenvalue weighted by Crippen LogP contribution is 2.33. The minimum atomic E-state index is 0.680. The summed E-state index contributed by atoms with van der Waals surface area (Å²) in [6, 6.07) is 12.2. The van der Waals surface area contributed by atoms with Crippen molar-refractivity contribution < 1.29 is 0 Å². The highest BCUT2D eigenvalue weighted by Gasteiger charge is 2.16. The fourth-order valence-electron chi connectivity index (χ4n) is 3.46. The monoisotopic (exact) mass is 395 g/mol. The molecular formula is C21H13N7S. The van der Waals surface area contributed by atoms with E-state index in [-0.39, 0.29) is 0 Å². The van der Waals surface area contributed by atoms with Crippen molar-refractivity contribution in [1.29, 1.82) is 0 Å². The molecule has 0 aliphatic rings. The Morgan fingerprint density at radius 1 is 0.966 bits per heavy atom. The molecule has 0 radical (unpaired) electrons. The minimum absolute atomic E-state index is 0.680. The van der Waals surface area contributed by atoms with E-state index in [0.29, 0.717) is 5.82 Å². The lowest BCUT2D eigenvalue weighted by molar-refractivity contribution is 1.10. The molecule has 0 atom stereocenters. The number of thiophene rings is 1. The molecule has 0 aliphatic heterocycles. The second-order valence-corrected chi connectivity index (χ2v) is 7.49. The van der Waals surface area contributed by atoms with E-state index in [2.05, 4.69) is 47.6 Å². The Morgan fingerprint density at radius 2 is 1.97 bits per heavy atom. The van der Waals surface area contributed by atoms with Crippen LogP contribution in [0, 0.1) is 0 Å². The average Bonchev–Trinajstić information content (AvgIpc) is 3.52. The van der Waals surface area contributed by atoms with Gasteiger partial charge in [-0.05, 0) is 29.6 Å². The number of aromatic amines is 2. The van der Waals surface area contributed by atoms with Gasteiger partial charge in [-0.1, -0.05) is 12.1 Å². The lowest BCUT2D eigenvalue weighted by atomic mass is 10.1. The molecule has 0 unspecified atom stereocenters. The van der Waals surface area contributed by atoms with Crippen LogP contribution in [0.15, 0.2) is 66.6 Å². The highest BCUT2D eigenvalue weighted by atomic mass is 32.1. The number of benzene rings is 1. The van der Waals surface area contributed by atoms with E-state index in [1.807, 2.05) is 24.3 Å². The summed E-state index contributed by atoms with van der Waals surface area (Å²) >= 11 is 1.68. The van der Waals surface area contributed by atoms with E-state index >= 15 is 0 Å². The maximum atomic E-state index is 4.84. The number of fused-ring (bicyclic) bond motifs is 2. The molecule has 7 nitrogen and oxygen atoms in total. The number of hydrogen-bond donors (Lipinski definition) is 2. The molecule has 0 fully saturated rings. The number of nitrogens with zero attached hydrogens (tertiary/aromatic N) is 5. The first kappa shape index (κ1) is 16.1. The second kappa shape index (κ2) is 6.32. The van der Waals surface area contributed by atoms with Gasteiger partial charge < -0.3 is 4.98 Å². The molecule has 6 aromatic rings. The van der Waals surface area contributed by atoms with E-state index in [9.17, 15) is 0 Å². The summed E-state index contributed by atoms with van der Waals surface area (Å²) < 4.78 is 0. The summed E-state index contributed by atoms with van der Waals surface area (Å²) in [6.07, 6.45) is 6.90. The molecule has 0 aliphatic carbocycles. The van der Waals surface area contributed by atoms with Crippen LogP contribution in [0.25, 0.3) is 55.3 Å². The Kier molecular flexibility index (Phi) is 3.50. The lowest BCUT2D eigenvalue weighted by Gasteiger charge is -2.00. The second-order valence-electron chi connectivity index (χ2n) is 6.54. The van der Waals surface area contributed by atoms with E-state index in [1.165, 1.54) is 0 Å². The molecule has 5 aromatic heterocycles. The summed E-state index contributed by atoms with van der Waals surface area (Å²) in [5.74, 6) is 0.680. The van der Waals surface area contributed by atoms with Crippen molar-refractivity contribution in [3.05, 3.63) is 66.6 Å². The zero-order chi connectivity index (χ0) is 19.2. The smallest absolute Gasteiger partial charge is 0.160 e. The first-order valence-electron chi connectivity index (χ1n) is 9.00. The molecular weight excluding hydrogens is 382 g/mol. The summed E-state index contributed by atoms with van der Waals surface area (Å²) in [7, 11) is 0. The standard InChI is InChI=1S/C21H13N7S/c1-2-17(29-9-1)13-5-6-24-20-18(13)25-21(26-20)19-14-10-12(3-4-15(14)27-28-19)16-11-22-7-8-23-16/h1-11H,(H,27,28)(H,24,25,26). The summed E-state index contributed by atoms with van der Waals surface area (Å²) in [5, 5.41) is 10.6. The molecule has 29 heavy (non-hydrogen) atoms. The Bertz CT molecular complexity index is 1450. The molecule has 1 aromatic carbocycles. The van der Waals surface area contributed by atoms with Gasteiger partial charge >= 0.3 is 0 Å². The zero-order valence-corrected chi connectivity index (χ0v) is 15.8. The summed E-state index contributed by atoms with van der Waals surface area (Å²) in [5.41, 5.74) is 6.11. The van der Waals surface area contributed by atoms with Gasteiger partial charge in [0.15, 0.2) is 11.5 Å². The van der Waals surface area contributed by atoms with Crippen molar-refractivity contribution >= 4 is 33.4 Å². The molecule has 0 spiro atoms. The van der Waals surface area contributed by atoms with E-state index < -0.39 is 0 Å². The van der Waals surface area contributed by atoms with Crippen LogP contribution in [0.5, 0.6) is 0 Å². The number of pyridine rings is 1. The molecule has 0 saturated heterocycles. The first-order valence-corrected chi connectivity index (χ1v) is 9.88. The fraction of sp³-hybridized carbons (Fsp3) is 0. The van der Waals surface area contributed by atoms with E-state index in [4.69, 9.17) is 4.98 Å². The van der Waals surface area contributed by atoms with Crippen molar-refractivity contribution in [3.63, 3.8) is 0 Å². The summed E-state index contributed by atoms with van der Waals surface area (Å²) in [6.45, 7) is 0. The number of H-pyrrole nitrogens is 2. The van der Waals surface area contributed by atoms with E-state index in [1.54, 1.807) is 36.1 Å². The molecule has 2 N–H and O–H groups in total. The van der Waals surface area contributed by atoms with Gasteiger partial charge in [0, 0.05) is 40.0 Å². The number of rotatable bonds is 3. The van der Waals surface area contributed by atoms with Gasteiger partial charge in [-0.3, -0.25) is 15.1 Å². The van der Waals surface area contributed by atoms with Gasteiger partial charge in [-0.25, -0.2) is 9.97 Å². The fourth-order valence-corrected chi connectivity index (χ4v) is 4.21. The molecule has 0 bridgehead atoms. The molecule has 8 heteroatoms. The normalized spacial score (nSPS) is 11.4. The first-order chi connectivity index (χ1) is 14.4. The molecule has 138 valence electrons. The van der Waals surface area contributed by atoms with Crippen LogP contribution in [0.3, 0.4) is 0 Å². The Labute approximate surface area is 168 Å². The number of aromatic nitrogens is 7. The van der Waals surface area contributed by atoms with Gasteiger partial charge in [-0.15, -0.1) is 11.3 Å². The van der Waals surface area contributed by atoms with Crippen LogP contribution >= 0.6 is 11.3 Å². The quantitative estimate of drug-likeness (QED) is 0.453. The van der Waals surface area contributed by atoms with E-state index in [0.717, 1.165) is 49.5 Å². The Morgan fingerprint density at radius 3 is 2.83 bits per heavy atom. The van der Waals surface area contributed by atoms with Crippen LogP contribution in [0.2, 0.25) is 0 Å². The predicted octanol–water partition coefficient (Wildman–Crippen LogP) is 4.69. The lowest BCUT2D eigenvalue weighted by Crippen LogP contribution is -1.85. The molecule has 6 rings (SSSR count). The third-order valence-corrected chi connectivity index (χ3v) is 5.72. The Hall–Kier alpha value is -3.91. The van der Waals surface area contributed by atoms with Gasteiger partial charge in [0.05, 0.1) is 17.4 Å². The number of nitrogens with one attached hydrogen (secondary N) is 2. The van der Waals surface area contributed by atoms with Crippen molar-refractivity contribution in [2.45, 2.75) is 0 Å². The number of hydrogen-bond acceptors (Lipinski definition) is 6. The maximum Gasteiger partial charge on any atom is 0.160 e. The largest absolute Gasteiger partial charge is 0.321 e. The van der Waals surface area contributed by atoms with Crippen LogP contribution < -0.4 is 0 Å². The number of imidazole rings is 1. The van der Waals surface area contributed by atoms with Crippen LogP contribution in [0.1, 0.15) is 0 Å². The van der Waals surface area contributed by atoms with Gasteiger partial charge in [0.2, 0.25) is 0 Å². The third kappa shape index (κ3) is 2.61. The highest BCUT2D eigenvalue weighted by molar-refractivity contribution is 7.13. The van der Waals surface area contributed by atoms with Crippen LogP contribution in [-0.4, -0.2) is 35.1 Å². The van der Waals surface area contributed by atoms with Crippen molar-refractivity contribution in [2.75, 3.05) is 0 Å². The maximum absolute atomic E-state index is 4.84. The van der Waals surface area contributed by atoms with Crippen molar-refractivity contribution in [2.24, 2.45) is 0 Å². The minimum Gasteiger partial charge on any atom is -0.321 e.